The van der Waals surface area contributed by atoms with Crippen LogP contribution in [0.2, 0.25) is 0 Å². The highest BCUT2D eigenvalue weighted by molar-refractivity contribution is 5.78. The number of benzene rings is 8. The minimum Gasteiger partial charge on any atom is -0.457 e. The molecule has 256 valence electrons. The number of ether oxygens (including phenoxy) is 5. The zero-order valence-corrected chi connectivity index (χ0v) is 28.7. The van der Waals surface area contributed by atoms with Gasteiger partial charge in [-0.3, -0.25) is 0 Å². The molecule has 0 bridgehead atoms. The van der Waals surface area contributed by atoms with Crippen LogP contribution in [0.4, 0.5) is 0 Å². The van der Waals surface area contributed by atoms with Gasteiger partial charge in [-0.25, -0.2) is 0 Å². The van der Waals surface area contributed by atoms with E-state index in [1.54, 1.807) is 0 Å². The van der Waals surface area contributed by atoms with Crippen molar-refractivity contribution >= 4 is 0 Å². The van der Waals surface area contributed by atoms with Gasteiger partial charge in [-0.1, -0.05) is 109 Å². The van der Waals surface area contributed by atoms with E-state index in [1.807, 2.05) is 176 Å². The summed E-state index contributed by atoms with van der Waals surface area (Å²) in [5.41, 5.74) is 4.03. The molecule has 5 nitrogen and oxygen atoms in total. The molecule has 0 amide bonds. The van der Waals surface area contributed by atoms with Crippen molar-refractivity contribution in [3.63, 3.8) is 0 Å². The summed E-state index contributed by atoms with van der Waals surface area (Å²) in [7, 11) is 0. The molecule has 0 spiro atoms. The van der Waals surface area contributed by atoms with Crippen LogP contribution in [0.3, 0.4) is 0 Å². The van der Waals surface area contributed by atoms with Crippen LogP contribution in [0.1, 0.15) is 0 Å². The first-order valence-electron chi connectivity index (χ1n) is 17.3. The molecule has 8 aromatic rings. The molecule has 0 saturated heterocycles. The molecule has 0 aromatic heterocycles. The Balaban J connectivity index is 1.02. The van der Waals surface area contributed by atoms with Gasteiger partial charge in [-0.05, 0) is 102 Å². The van der Waals surface area contributed by atoms with Crippen molar-refractivity contribution in [2.75, 3.05) is 0 Å². The highest BCUT2D eigenvalue weighted by Gasteiger charge is 2.13. The highest BCUT2D eigenvalue weighted by Crippen LogP contribution is 2.40. The lowest BCUT2D eigenvalue weighted by Crippen LogP contribution is -1.92. The van der Waals surface area contributed by atoms with Gasteiger partial charge in [0, 0.05) is 17.7 Å². The second-order valence-electron chi connectivity index (χ2n) is 12.1. The Morgan fingerprint density at radius 2 is 0.585 bits per heavy atom. The second-order valence-corrected chi connectivity index (χ2v) is 12.1. The van der Waals surface area contributed by atoms with E-state index in [-0.39, 0.29) is 0 Å². The largest absolute Gasteiger partial charge is 0.457 e. The first kappa shape index (κ1) is 32.9. The highest BCUT2D eigenvalue weighted by atomic mass is 16.5. The molecule has 0 unspecified atom stereocenters. The molecule has 5 heteroatoms. The van der Waals surface area contributed by atoms with Crippen LogP contribution in [-0.4, -0.2) is 0 Å². The predicted octanol–water partition coefficient (Wildman–Crippen LogP) is 14.0. The van der Waals surface area contributed by atoms with Gasteiger partial charge >= 0.3 is 0 Å². The molecule has 53 heavy (non-hydrogen) atoms. The maximum atomic E-state index is 6.50. The Bertz CT molecular complexity index is 2430. The van der Waals surface area contributed by atoms with Crippen LogP contribution in [0.15, 0.2) is 206 Å². The molecule has 0 aliphatic carbocycles. The van der Waals surface area contributed by atoms with Crippen molar-refractivity contribution in [3.8, 4) is 79.7 Å². The average Bonchev–Trinajstić information content (AvgIpc) is 3.20. The molecule has 0 heterocycles. The molecule has 0 radical (unpaired) electrons. The molecule has 0 aliphatic rings. The molecular weight excluding hydrogens is 657 g/mol. The van der Waals surface area contributed by atoms with E-state index in [9.17, 15) is 0 Å². The van der Waals surface area contributed by atoms with Crippen molar-refractivity contribution in [2.45, 2.75) is 0 Å². The van der Waals surface area contributed by atoms with Gasteiger partial charge in [0.25, 0.3) is 0 Å². The minimum absolute atomic E-state index is 0.602. The summed E-state index contributed by atoms with van der Waals surface area (Å²) in [6.07, 6.45) is 0. The lowest BCUT2D eigenvalue weighted by molar-refractivity contribution is 0.415. The number of hydrogen-bond donors (Lipinski definition) is 0. The topological polar surface area (TPSA) is 46.2 Å². The van der Waals surface area contributed by atoms with E-state index < -0.39 is 0 Å². The fourth-order valence-corrected chi connectivity index (χ4v) is 5.83. The van der Waals surface area contributed by atoms with E-state index in [0.29, 0.717) is 40.2 Å². The summed E-state index contributed by atoms with van der Waals surface area (Å²) in [6.45, 7) is 0. The van der Waals surface area contributed by atoms with Crippen molar-refractivity contribution in [1.29, 1.82) is 0 Å². The lowest BCUT2D eigenvalue weighted by Gasteiger charge is -2.15. The normalized spacial score (nSPS) is 10.6. The maximum Gasteiger partial charge on any atom is 0.169 e. The van der Waals surface area contributed by atoms with Crippen LogP contribution < -0.4 is 23.7 Å². The molecule has 0 atom stereocenters. The van der Waals surface area contributed by atoms with E-state index >= 15 is 0 Å². The molecular formula is C48H34O5. The number of rotatable bonds is 12. The SMILES string of the molecule is c1ccc(Oc2cccc(Oc3ccc(-c4cccc(Oc5cccc(Oc6ccccc6Oc6ccccc6)c5)c4)cc3-c3ccccc3)c2)cc1. The van der Waals surface area contributed by atoms with Gasteiger partial charge in [-0.15, -0.1) is 0 Å². The first-order valence-corrected chi connectivity index (χ1v) is 17.3. The first-order chi connectivity index (χ1) is 26.2. The lowest BCUT2D eigenvalue weighted by atomic mass is 9.98. The quantitative estimate of drug-likeness (QED) is 0.128. The summed E-state index contributed by atoms with van der Waals surface area (Å²) >= 11 is 0. The molecule has 8 rings (SSSR count). The molecule has 0 saturated carbocycles. The van der Waals surface area contributed by atoms with E-state index in [1.165, 1.54) is 0 Å². The molecule has 0 fully saturated rings. The van der Waals surface area contributed by atoms with E-state index in [4.69, 9.17) is 23.7 Å². The van der Waals surface area contributed by atoms with Gasteiger partial charge in [0.2, 0.25) is 0 Å². The predicted molar refractivity (Wildman–Crippen MR) is 210 cm³/mol. The zero-order valence-electron chi connectivity index (χ0n) is 28.7. The summed E-state index contributed by atoms with van der Waals surface area (Å²) in [5, 5.41) is 0. The molecule has 0 aliphatic heterocycles. The Kier molecular flexibility index (Phi) is 9.79. The van der Waals surface area contributed by atoms with Crippen LogP contribution in [0.25, 0.3) is 22.3 Å². The van der Waals surface area contributed by atoms with Crippen molar-refractivity contribution in [3.05, 3.63) is 206 Å². The van der Waals surface area contributed by atoms with E-state index in [0.717, 1.165) is 39.5 Å². The third-order valence-corrected chi connectivity index (χ3v) is 8.33. The standard InChI is InChI=1S/C48H34O5/c1-4-15-35(16-5-1)45-32-37(29-30-46(45)52-43-25-13-23-41(33-43)49-38-18-6-2-7-19-38)36-17-12-22-40(31-36)50-42-24-14-26-44(34-42)53-48-28-11-10-27-47(48)51-39-20-8-3-9-21-39/h1-34H. The average molecular weight is 691 g/mol. The summed E-state index contributed by atoms with van der Waals surface area (Å²) in [6, 6.07) is 66.7. The van der Waals surface area contributed by atoms with Gasteiger partial charge in [0.15, 0.2) is 11.5 Å². The van der Waals surface area contributed by atoms with E-state index in [2.05, 4.69) is 30.3 Å². The third-order valence-electron chi connectivity index (χ3n) is 8.33. The zero-order chi connectivity index (χ0) is 35.7. The fourth-order valence-electron chi connectivity index (χ4n) is 5.83. The minimum atomic E-state index is 0.602. The smallest absolute Gasteiger partial charge is 0.169 e. The number of para-hydroxylation sites is 4. The summed E-state index contributed by atoms with van der Waals surface area (Å²) in [5.74, 6) is 6.80. The van der Waals surface area contributed by atoms with Crippen molar-refractivity contribution in [1.82, 2.24) is 0 Å². The monoisotopic (exact) mass is 690 g/mol. The summed E-state index contributed by atoms with van der Waals surface area (Å²) < 4.78 is 31.3. The molecule has 0 N–H and O–H groups in total. The third kappa shape index (κ3) is 8.39. The summed E-state index contributed by atoms with van der Waals surface area (Å²) in [4.78, 5) is 0. The fraction of sp³-hybridized carbons (Fsp3) is 0. The van der Waals surface area contributed by atoms with Crippen LogP contribution in [0, 0.1) is 0 Å². The van der Waals surface area contributed by atoms with Crippen molar-refractivity contribution < 1.29 is 23.7 Å². The Labute approximate surface area is 308 Å². The van der Waals surface area contributed by atoms with Crippen LogP contribution in [-0.2, 0) is 0 Å². The van der Waals surface area contributed by atoms with Gasteiger partial charge in [-0.2, -0.15) is 0 Å². The van der Waals surface area contributed by atoms with Gasteiger partial charge in [0.05, 0.1) is 0 Å². The maximum absolute atomic E-state index is 6.50. The van der Waals surface area contributed by atoms with Crippen molar-refractivity contribution in [2.24, 2.45) is 0 Å². The molecule has 8 aromatic carbocycles. The van der Waals surface area contributed by atoms with Gasteiger partial charge < -0.3 is 23.7 Å². The van der Waals surface area contributed by atoms with Crippen LogP contribution >= 0.6 is 0 Å². The Morgan fingerprint density at radius 3 is 1.19 bits per heavy atom. The Hall–Kier alpha value is -7.24. The number of hydrogen-bond acceptors (Lipinski definition) is 5. The van der Waals surface area contributed by atoms with Crippen LogP contribution in [0.5, 0.6) is 57.5 Å². The van der Waals surface area contributed by atoms with Gasteiger partial charge in [0.1, 0.15) is 46.0 Å². The Morgan fingerprint density at radius 1 is 0.208 bits per heavy atom. The second kappa shape index (κ2) is 15.8.